The third-order valence-corrected chi connectivity index (χ3v) is 3.72. The number of para-hydroxylation sites is 1. The molecule has 2 nitrogen and oxygen atoms in total. The maximum Gasteiger partial charge on any atom is 0.387 e. The SMILES string of the molecule is CC1(C)C(CO)C1c1ccccc1OC(F)F. The van der Waals surface area contributed by atoms with E-state index in [0.29, 0.717) is 0 Å². The van der Waals surface area contributed by atoms with Crippen LogP contribution in [0.1, 0.15) is 25.3 Å². The summed E-state index contributed by atoms with van der Waals surface area (Å²) in [6.45, 7) is 1.31. The molecule has 1 saturated carbocycles. The molecule has 0 spiro atoms. The lowest BCUT2D eigenvalue weighted by atomic mass is 10.0. The molecule has 0 saturated heterocycles. The minimum atomic E-state index is -2.81. The molecule has 94 valence electrons. The van der Waals surface area contributed by atoms with Crippen LogP contribution in [0, 0.1) is 11.3 Å². The van der Waals surface area contributed by atoms with Gasteiger partial charge in [0.05, 0.1) is 0 Å². The Bertz CT molecular complexity index is 404. The minimum absolute atomic E-state index is 0.0592. The molecule has 2 rings (SSSR count). The number of aliphatic hydroxyl groups is 1. The van der Waals surface area contributed by atoms with Crippen molar-refractivity contribution < 1.29 is 18.6 Å². The largest absolute Gasteiger partial charge is 0.435 e. The Kier molecular flexibility index (Phi) is 3.08. The number of halogens is 2. The second-order valence-corrected chi connectivity index (χ2v) is 5.00. The Morgan fingerprint density at radius 3 is 2.53 bits per heavy atom. The number of rotatable bonds is 4. The molecule has 0 heterocycles. The summed E-state index contributed by atoms with van der Waals surface area (Å²) >= 11 is 0. The summed E-state index contributed by atoms with van der Waals surface area (Å²) in [5, 5.41) is 9.26. The number of ether oxygens (including phenoxy) is 1. The summed E-state index contributed by atoms with van der Waals surface area (Å²) in [5.41, 5.74) is 0.702. The predicted octanol–water partition coefficient (Wildman–Crippen LogP) is 3.02. The first-order valence-corrected chi connectivity index (χ1v) is 5.63. The Balaban J connectivity index is 2.28. The molecule has 4 heteroatoms. The Labute approximate surface area is 99.2 Å². The zero-order valence-corrected chi connectivity index (χ0v) is 9.86. The van der Waals surface area contributed by atoms with Crippen molar-refractivity contribution in [2.75, 3.05) is 6.61 Å². The fourth-order valence-corrected chi connectivity index (χ4v) is 2.64. The van der Waals surface area contributed by atoms with Gasteiger partial charge in [-0.2, -0.15) is 8.78 Å². The molecule has 1 aromatic carbocycles. The molecule has 1 fully saturated rings. The molecule has 0 bridgehead atoms. The monoisotopic (exact) mass is 242 g/mol. The van der Waals surface area contributed by atoms with E-state index < -0.39 is 6.61 Å². The van der Waals surface area contributed by atoms with Crippen LogP contribution in [0.25, 0.3) is 0 Å². The average Bonchev–Trinajstić information content (AvgIpc) is 2.80. The van der Waals surface area contributed by atoms with Crippen molar-refractivity contribution in [2.24, 2.45) is 11.3 Å². The lowest BCUT2D eigenvalue weighted by Gasteiger charge is -2.11. The summed E-state index contributed by atoms with van der Waals surface area (Å²) < 4.78 is 29.1. The van der Waals surface area contributed by atoms with E-state index in [4.69, 9.17) is 0 Å². The van der Waals surface area contributed by atoms with E-state index in [1.54, 1.807) is 24.3 Å². The normalized spacial score (nSPS) is 26.0. The number of alkyl halides is 2. The Morgan fingerprint density at radius 1 is 1.35 bits per heavy atom. The fraction of sp³-hybridized carbons (Fsp3) is 0.538. The molecule has 1 N–H and O–H groups in total. The van der Waals surface area contributed by atoms with Crippen molar-refractivity contribution in [3.8, 4) is 5.75 Å². The maximum absolute atomic E-state index is 12.3. The van der Waals surface area contributed by atoms with E-state index in [1.807, 2.05) is 13.8 Å². The van der Waals surface area contributed by atoms with E-state index >= 15 is 0 Å². The standard InChI is InChI=1S/C13H16F2O2/c1-13(2)9(7-16)11(13)8-5-3-4-6-10(8)17-12(14)15/h3-6,9,11-12,16H,7H2,1-2H3. The van der Waals surface area contributed by atoms with E-state index in [2.05, 4.69) is 4.74 Å². The number of aliphatic hydroxyl groups excluding tert-OH is 1. The molecule has 1 aliphatic rings. The summed E-state index contributed by atoms with van der Waals surface area (Å²) in [7, 11) is 0. The van der Waals surface area contributed by atoms with Gasteiger partial charge in [-0.15, -0.1) is 0 Å². The first kappa shape index (κ1) is 12.3. The van der Waals surface area contributed by atoms with E-state index in [9.17, 15) is 13.9 Å². The molecule has 1 aromatic rings. The summed E-state index contributed by atoms with van der Waals surface area (Å²) in [6.07, 6.45) is 0. The predicted molar refractivity (Wildman–Crippen MR) is 60.2 cm³/mol. The summed E-state index contributed by atoms with van der Waals surface area (Å²) in [5.74, 6) is 0.420. The van der Waals surface area contributed by atoms with Crippen molar-refractivity contribution >= 4 is 0 Å². The van der Waals surface area contributed by atoms with Crippen LogP contribution in [0.5, 0.6) is 5.75 Å². The van der Waals surface area contributed by atoms with Gasteiger partial charge in [0.2, 0.25) is 0 Å². The molecule has 17 heavy (non-hydrogen) atoms. The smallest absolute Gasteiger partial charge is 0.387 e. The van der Waals surface area contributed by atoms with Gasteiger partial charge in [0.1, 0.15) is 5.75 Å². The van der Waals surface area contributed by atoms with Gasteiger partial charge in [-0.25, -0.2) is 0 Å². The van der Waals surface area contributed by atoms with Gasteiger partial charge in [0.15, 0.2) is 0 Å². The van der Waals surface area contributed by atoms with E-state index in [1.165, 1.54) is 0 Å². The topological polar surface area (TPSA) is 29.5 Å². The van der Waals surface area contributed by atoms with Crippen LogP contribution in [0.2, 0.25) is 0 Å². The summed E-state index contributed by atoms with van der Waals surface area (Å²) in [6, 6.07) is 6.81. The van der Waals surface area contributed by atoms with Crippen molar-refractivity contribution in [1.82, 2.24) is 0 Å². The third kappa shape index (κ3) is 2.14. The molecule has 2 unspecified atom stereocenters. The number of hydrogen-bond donors (Lipinski definition) is 1. The highest BCUT2D eigenvalue weighted by Crippen LogP contribution is 2.65. The first-order valence-electron chi connectivity index (χ1n) is 5.63. The highest BCUT2D eigenvalue weighted by molar-refractivity contribution is 5.42. The zero-order chi connectivity index (χ0) is 12.6. The molecule has 0 aromatic heterocycles. The van der Waals surface area contributed by atoms with Crippen LogP contribution < -0.4 is 4.74 Å². The molecule has 0 amide bonds. The lowest BCUT2D eigenvalue weighted by Crippen LogP contribution is -2.04. The van der Waals surface area contributed by atoms with Crippen molar-refractivity contribution in [3.05, 3.63) is 29.8 Å². The quantitative estimate of drug-likeness (QED) is 0.879. The molecule has 0 radical (unpaired) electrons. The molecular formula is C13H16F2O2. The van der Waals surface area contributed by atoms with Crippen LogP contribution in [0.3, 0.4) is 0 Å². The Morgan fingerprint density at radius 2 is 2.00 bits per heavy atom. The van der Waals surface area contributed by atoms with Crippen LogP contribution in [0.4, 0.5) is 8.78 Å². The van der Waals surface area contributed by atoms with Gasteiger partial charge in [0, 0.05) is 6.61 Å². The van der Waals surface area contributed by atoms with Crippen LogP contribution in [-0.4, -0.2) is 18.3 Å². The lowest BCUT2D eigenvalue weighted by molar-refractivity contribution is -0.0505. The third-order valence-electron chi connectivity index (χ3n) is 3.72. The van der Waals surface area contributed by atoms with Crippen molar-refractivity contribution in [2.45, 2.75) is 26.4 Å². The van der Waals surface area contributed by atoms with Gasteiger partial charge in [-0.1, -0.05) is 32.0 Å². The van der Waals surface area contributed by atoms with E-state index in [0.717, 1.165) is 5.56 Å². The van der Waals surface area contributed by atoms with Gasteiger partial charge in [-0.3, -0.25) is 0 Å². The van der Waals surface area contributed by atoms with Crippen molar-refractivity contribution in [3.63, 3.8) is 0 Å². The average molecular weight is 242 g/mol. The number of hydrogen-bond acceptors (Lipinski definition) is 2. The van der Waals surface area contributed by atoms with Gasteiger partial charge >= 0.3 is 6.61 Å². The second-order valence-electron chi connectivity index (χ2n) is 5.00. The van der Waals surface area contributed by atoms with E-state index in [-0.39, 0.29) is 29.6 Å². The molecule has 0 aliphatic heterocycles. The second kappa shape index (κ2) is 4.26. The highest BCUT2D eigenvalue weighted by Gasteiger charge is 2.58. The highest BCUT2D eigenvalue weighted by atomic mass is 19.3. The summed E-state index contributed by atoms with van der Waals surface area (Å²) in [4.78, 5) is 0. The zero-order valence-electron chi connectivity index (χ0n) is 9.86. The maximum atomic E-state index is 12.3. The molecular weight excluding hydrogens is 226 g/mol. The van der Waals surface area contributed by atoms with Crippen LogP contribution in [-0.2, 0) is 0 Å². The first-order chi connectivity index (χ1) is 7.98. The van der Waals surface area contributed by atoms with Crippen molar-refractivity contribution in [1.29, 1.82) is 0 Å². The Hall–Kier alpha value is -1.16. The minimum Gasteiger partial charge on any atom is -0.435 e. The van der Waals surface area contributed by atoms with Crippen LogP contribution in [0.15, 0.2) is 24.3 Å². The number of benzene rings is 1. The van der Waals surface area contributed by atoms with Crippen LogP contribution >= 0.6 is 0 Å². The fourth-order valence-electron chi connectivity index (χ4n) is 2.64. The molecule has 2 atom stereocenters. The van der Waals surface area contributed by atoms with Gasteiger partial charge in [-0.05, 0) is 28.9 Å². The van der Waals surface area contributed by atoms with Gasteiger partial charge < -0.3 is 9.84 Å². The molecule has 1 aliphatic carbocycles. The van der Waals surface area contributed by atoms with Gasteiger partial charge in [0.25, 0.3) is 0 Å².